The van der Waals surface area contributed by atoms with E-state index >= 15 is 0 Å². The third-order valence-electron chi connectivity index (χ3n) is 2.42. The Labute approximate surface area is 99.9 Å². The number of rotatable bonds is 3. The fraction of sp³-hybridized carbons (Fsp3) is 0.308. The maximum Gasteiger partial charge on any atom is 0.140 e. The van der Waals surface area contributed by atoms with Crippen LogP contribution in [0.4, 0.5) is 0 Å². The van der Waals surface area contributed by atoms with Gasteiger partial charge >= 0.3 is 0 Å². The van der Waals surface area contributed by atoms with Gasteiger partial charge in [0, 0.05) is 4.88 Å². The lowest BCUT2D eigenvalue weighted by atomic mass is 10.2. The van der Waals surface area contributed by atoms with Crippen LogP contribution in [-0.4, -0.2) is 4.98 Å². The maximum absolute atomic E-state index is 5.69. The quantitative estimate of drug-likeness (QED) is 0.807. The highest BCUT2D eigenvalue weighted by atomic mass is 32.1. The number of aromatic nitrogens is 1. The van der Waals surface area contributed by atoms with Gasteiger partial charge in [0.1, 0.15) is 17.4 Å². The molecule has 0 spiro atoms. The second kappa shape index (κ2) is 4.66. The molecule has 0 radical (unpaired) electrons. The third-order valence-corrected chi connectivity index (χ3v) is 3.47. The van der Waals surface area contributed by atoms with Gasteiger partial charge in [0.15, 0.2) is 0 Å². The highest BCUT2D eigenvalue weighted by Crippen LogP contribution is 2.19. The van der Waals surface area contributed by atoms with E-state index in [-0.39, 0.29) is 0 Å². The van der Waals surface area contributed by atoms with Gasteiger partial charge in [0.25, 0.3) is 0 Å². The smallest absolute Gasteiger partial charge is 0.140 e. The highest BCUT2D eigenvalue weighted by Gasteiger charge is 2.04. The molecule has 0 aliphatic heterocycles. The van der Waals surface area contributed by atoms with Gasteiger partial charge in [-0.3, -0.25) is 0 Å². The van der Waals surface area contributed by atoms with Crippen molar-refractivity contribution in [3.05, 3.63) is 45.4 Å². The lowest BCUT2D eigenvalue weighted by Crippen LogP contribution is -1.94. The van der Waals surface area contributed by atoms with E-state index in [1.807, 2.05) is 25.1 Å². The van der Waals surface area contributed by atoms with Crippen molar-refractivity contribution in [3.63, 3.8) is 0 Å². The summed E-state index contributed by atoms with van der Waals surface area (Å²) < 4.78 is 5.69. The normalized spacial score (nSPS) is 10.4. The van der Waals surface area contributed by atoms with E-state index in [0.717, 1.165) is 16.5 Å². The van der Waals surface area contributed by atoms with Gasteiger partial charge in [-0.2, -0.15) is 0 Å². The SMILES string of the molecule is Cc1cccc(OCc2nc(C)c(C)s2)c1. The molecule has 1 aromatic heterocycles. The van der Waals surface area contributed by atoms with Gasteiger partial charge in [-0.25, -0.2) is 4.98 Å². The Morgan fingerprint density at radius 1 is 1.25 bits per heavy atom. The molecule has 0 saturated heterocycles. The van der Waals surface area contributed by atoms with Crippen molar-refractivity contribution in [3.8, 4) is 5.75 Å². The zero-order valence-corrected chi connectivity index (χ0v) is 10.6. The molecule has 0 saturated carbocycles. The van der Waals surface area contributed by atoms with Gasteiger partial charge in [0.2, 0.25) is 0 Å². The van der Waals surface area contributed by atoms with E-state index in [2.05, 4.69) is 24.9 Å². The number of thiazole rings is 1. The molecule has 1 aromatic carbocycles. The summed E-state index contributed by atoms with van der Waals surface area (Å²) in [4.78, 5) is 5.71. The van der Waals surface area contributed by atoms with Gasteiger partial charge in [-0.15, -0.1) is 11.3 Å². The third kappa shape index (κ3) is 2.61. The first-order valence-corrected chi connectivity index (χ1v) is 6.09. The zero-order chi connectivity index (χ0) is 11.5. The van der Waals surface area contributed by atoms with Crippen molar-refractivity contribution < 1.29 is 4.74 Å². The number of aryl methyl sites for hydroxylation is 3. The van der Waals surface area contributed by atoms with Gasteiger partial charge < -0.3 is 4.74 Å². The standard InChI is InChI=1S/C13H15NOS/c1-9-5-4-6-12(7-9)15-8-13-14-10(2)11(3)16-13/h4-7H,8H2,1-3H3. The summed E-state index contributed by atoms with van der Waals surface area (Å²) in [6.45, 7) is 6.73. The molecular weight excluding hydrogens is 218 g/mol. The summed E-state index contributed by atoms with van der Waals surface area (Å²) in [5.74, 6) is 0.908. The Kier molecular flexibility index (Phi) is 3.25. The molecule has 0 bridgehead atoms. The monoisotopic (exact) mass is 233 g/mol. The molecule has 0 fully saturated rings. The number of hydrogen-bond donors (Lipinski definition) is 0. The molecule has 0 aliphatic rings. The molecular formula is C13H15NOS. The van der Waals surface area contributed by atoms with Crippen LogP contribution in [-0.2, 0) is 6.61 Å². The first-order chi connectivity index (χ1) is 7.65. The van der Waals surface area contributed by atoms with Crippen molar-refractivity contribution in [1.29, 1.82) is 0 Å². The predicted molar refractivity (Wildman–Crippen MR) is 67.1 cm³/mol. The summed E-state index contributed by atoms with van der Waals surface area (Å²) in [7, 11) is 0. The van der Waals surface area contributed by atoms with Crippen molar-refractivity contribution >= 4 is 11.3 Å². The summed E-state index contributed by atoms with van der Waals surface area (Å²) >= 11 is 1.70. The molecule has 2 nitrogen and oxygen atoms in total. The van der Waals surface area contributed by atoms with E-state index in [1.54, 1.807) is 11.3 Å². The number of benzene rings is 1. The zero-order valence-electron chi connectivity index (χ0n) is 9.78. The minimum Gasteiger partial charge on any atom is -0.486 e. The average molecular weight is 233 g/mol. The van der Waals surface area contributed by atoms with Crippen LogP contribution in [0.25, 0.3) is 0 Å². The van der Waals surface area contributed by atoms with Crippen LogP contribution in [0.3, 0.4) is 0 Å². The van der Waals surface area contributed by atoms with E-state index < -0.39 is 0 Å². The van der Waals surface area contributed by atoms with Crippen LogP contribution in [0.5, 0.6) is 5.75 Å². The molecule has 0 amide bonds. The van der Waals surface area contributed by atoms with Gasteiger partial charge in [0.05, 0.1) is 5.69 Å². The van der Waals surface area contributed by atoms with Gasteiger partial charge in [-0.1, -0.05) is 12.1 Å². The second-order valence-electron chi connectivity index (χ2n) is 3.85. The van der Waals surface area contributed by atoms with Crippen LogP contribution in [0.15, 0.2) is 24.3 Å². The summed E-state index contributed by atoms with van der Waals surface area (Å²) in [6, 6.07) is 8.07. The largest absolute Gasteiger partial charge is 0.486 e. The van der Waals surface area contributed by atoms with Crippen molar-refractivity contribution in [2.45, 2.75) is 27.4 Å². The molecule has 84 valence electrons. The molecule has 3 heteroatoms. The summed E-state index contributed by atoms with van der Waals surface area (Å²) in [6.07, 6.45) is 0. The fourth-order valence-electron chi connectivity index (χ4n) is 1.45. The Balaban J connectivity index is 2.02. The first kappa shape index (κ1) is 11.1. The average Bonchev–Trinajstić information content (AvgIpc) is 2.56. The lowest BCUT2D eigenvalue weighted by Gasteiger charge is -2.04. The fourth-order valence-corrected chi connectivity index (χ4v) is 2.30. The minimum atomic E-state index is 0.558. The van der Waals surface area contributed by atoms with Gasteiger partial charge in [-0.05, 0) is 38.5 Å². The lowest BCUT2D eigenvalue weighted by molar-refractivity contribution is 0.305. The molecule has 16 heavy (non-hydrogen) atoms. The molecule has 1 heterocycles. The van der Waals surface area contributed by atoms with E-state index in [1.165, 1.54) is 10.4 Å². The summed E-state index contributed by atoms with van der Waals surface area (Å²) in [5.41, 5.74) is 2.32. The first-order valence-electron chi connectivity index (χ1n) is 5.27. The van der Waals surface area contributed by atoms with Crippen LogP contribution < -0.4 is 4.74 Å². The van der Waals surface area contributed by atoms with Crippen LogP contribution in [0, 0.1) is 20.8 Å². The minimum absolute atomic E-state index is 0.558. The Bertz CT molecular complexity index is 471. The van der Waals surface area contributed by atoms with Crippen LogP contribution in [0.1, 0.15) is 21.1 Å². The van der Waals surface area contributed by atoms with E-state index in [0.29, 0.717) is 6.61 Å². The molecule has 0 N–H and O–H groups in total. The maximum atomic E-state index is 5.69. The molecule has 2 rings (SSSR count). The molecule has 0 aliphatic carbocycles. The number of nitrogens with zero attached hydrogens (tertiary/aromatic N) is 1. The second-order valence-corrected chi connectivity index (χ2v) is 5.14. The van der Waals surface area contributed by atoms with E-state index in [4.69, 9.17) is 4.74 Å². The molecule has 0 atom stereocenters. The summed E-state index contributed by atoms with van der Waals surface area (Å²) in [5, 5.41) is 1.04. The number of ether oxygens (including phenoxy) is 1. The Morgan fingerprint density at radius 2 is 2.06 bits per heavy atom. The molecule has 0 unspecified atom stereocenters. The van der Waals surface area contributed by atoms with Crippen molar-refractivity contribution in [2.24, 2.45) is 0 Å². The van der Waals surface area contributed by atoms with Crippen LogP contribution >= 0.6 is 11.3 Å². The highest BCUT2D eigenvalue weighted by molar-refractivity contribution is 7.11. The Hall–Kier alpha value is -1.35. The number of hydrogen-bond acceptors (Lipinski definition) is 3. The van der Waals surface area contributed by atoms with Crippen molar-refractivity contribution in [2.75, 3.05) is 0 Å². The van der Waals surface area contributed by atoms with Crippen LogP contribution in [0.2, 0.25) is 0 Å². The topological polar surface area (TPSA) is 22.1 Å². The molecule has 2 aromatic rings. The van der Waals surface area contributed by atoms with E-state index in [9.17, 15) is 0 Å². The van der Waals surface area contributed by atoms with Crippen molar-refractivity contribution in [1.82, 2.24) is 4.98 Å². The predicted octanol–water partition coefficient (Wildman–Crippen LogP) is 3.65. The Morgan fingerprint density at radius 3 is 2.69 bits per heavy atom.